The molecule has 0 bridgehead atoms. The summed E-state index contributed by atoms with van der Waals surface area (Å²) in [7, 11) is 1.80. The summed E-state index contributed by atoms with van der Waals surface area (Å²) in [4.78, 5) is 24.2. The minimum absolute atomic E-state index is 0.154. The van der Waals surface area contributed by atoms with Crippen molar-refractivity contribution in [2.24, 2.45) is 5.84 Å². The van der Waals surface area contributed by atoms with Crippen LogP contribution in [-0.2, 0) is 17.6 Å². The first-order chi connectivity index (χ1) is 9.11. The Hall–Kier alpha value is -2.08. The molecule has 6 nitrogen and oxygen atoms in total. The van der Waals surface area contributed by atoms with Crippen LogP contribution in [0.2, 0.25) is 0 Å². The van der Waals surface area contributed by atoms with Crippen molar-refractivity contribution in [2.45, 2.75) is 19.3 Å². The van der Waals surface area contributed by atoms with Crippen LogP contribution in [0.15, 0.2) is 18.2 Å². The highest BCUT2D eigenvalue weighted by atomic mass is 16.2. The predicted molar refractivity (Wildman–Crippen MR) is 72.6 cm³/mol. The number of fused-ring (bicyclic) bond motifs is 1. The molecule has 0 aromatic heterocycles. The Morgan fingerprint density at radius 3 is 2.95 bits per heavy atom. The van der Waals surface area contributed by atoms with Gasteiger partial charge in [-0.25, -0.2) is 10.6 Å². The second-order valence-electron chi connectivity index (χ2n) is 4.57. The maximum absolute atomic E-state index is 11.6. The number of amides is 3. The topological polar surface area (TPSA) is 87.5 Å². The number of anilines is 1. The van der Waals surface area contributed by atoms with Crippen LogP contribution in [0.3, 0.4) is 0 Å². The number of carbonyl (C=O) groups is 2. The highest BCUT2D eigenvalue weighted by Gasteiger charge is 2.20. The van der Waals surface area contributed by atoms with Crippen molar-refractivity contribution in [3.8, 4) is 0 Å². The Bertz CT molecular complexity index is 501. The molecule has 0 saturated heterocycles. The summed E-state index contributed by atoms with van der Waals surface area (Å²) in [5.41, 5.74) is 5.32. The van der Waals surface area contributed by atoms with Gasteiger partial charge in [0.15, 0.2) is 0 Å². The van der Waals surface area contributed by atoms with Gasteiger partial charge >= 0.3 is 6.03 Å². The Morgan fingerprint density at radius 1 is 1.42 bits per heavy atom. The summed E-state index contributed by atoms with van der Waals surface area (Å²) in [6.07, 6.45) is 2.07. The Labute approximate surface area is 111 Å². The fraction of sp³-hybridized carbons (Fsp3) is 0.385. The summed E-state index contributed by atoms with van der Waals surface area (Å²) in [5.74, 6) is 5.13. The number of hydrogen-bond donors (Lipinski definition) is 3. The molecule has 0 aliphatic carbocycles. The first-order valence-corrected chi connectivity index (χ1v) is 6.24. The van der Waals surface area contributed by atoms with Gasteiger partial charge in [-0.1, -0.05) is 12.1 Å². The first kappa shape index (κ1) is 13.4. The zero-order valence-corrected chi connectivity index (χ0v) is 10.9. The molecular weight excluding hydrogens is 244 g/mol. The van der Waals surface area contributed by atoms with Crippen LogP contribution >= 0.6 is 0 Å². The minimum Gasteiger partial charge on any atom is -0.337 e. The standard InChI is InChI=1S/C13H18N4O2/c1-17-11-4-2-9(6-7-15-13(19)16-14)8-10(11)3-5-12(17)18/h2,4,8H,3,5-7,14H2,1H3,(H2,15,16,19). The maximum Gasteiger partial charge on any atom is 0.328 e. The lowest BCUT2D eigenvalue weighted by atomic mass is 9.98. The lowest BCUT2D eigenvalue weighted by Crippen LogP contribution is -2.40. The third-order valence-electron chi connectivity index (χ3n) is 3.32. The van der Waals surface area contributed by atoms with E-state index in [9.17, 15) is 9.59 Å². The van der Waals surface area contributed by atoms with E-state index in [1.807, 2.05) is 17.6 Å². The molecule has 0 unspecified atom stereocenters. The van der Waals surface area contributed by atoms with E-state index in [4.69, 9.17) is 5.84 Å². The second kappa shape index (κ2) is 5.71. The summed E-state index contributed by atoms with van der Waals surface area (Å²) >= 11 is 0. The van der Waals surface area contributed by atoms with Gasteiger partial charge in [0.05, 0.1) is 0 Å². The molecule has 102 valence electrons. The lowest BCUT2D eigenvalue weighted by Gasteiger charge is -2.26. The second-order valence-corrected chi connectivity index (χ2v) is 4.57. The van der Waals surface area contributed by atoms with Crippen molar-refractivity contribution in [1.82, 2.24) is 10.7 Å². The van der Waals surface area contributed by atoms with Gasteiger partial charge in [0, 0.05) is 25.7 Å². The number of nitrogens with one attached hydrogen (secondary N) is 2. The smallest absolute Gasteiger partial charge is 0.328 e. The zero-order chi connectivity index (χ0) is 13.8. The van der Waals surface area contributed by atoms with Crippen molar-refractivity contribution in [3.63, 3.8) is 0 Å². The van der Waals surface area contributed by atoms with Gasteiger partial charge in [-0.3, -0.25) is 10.2 Å². The molecule has 1 aliphatic heterocycles. The van der Waals surface area contributed by atoms with Crippen molar-refractivity contribution in [2.75, 3.05) is 18.5 Å². The SMILES string of the molecule is CN1C(=O)CCc2cc(CCNC(=O)NN)ccc21. The van der Waals surface area contributed by atoms with Crippen molar-refractivity contribution in [1.29, 1.82) is 0 Å². The zero-order valence-electron chi connectivity index (χ0n) is 10.9. The van der Waals surface area contributed by atoms with Crippen LogP contribution in [0.4, 0.5) is 10.5 Å². The third kappa shape index (κ3) is 3.03. The average molecular weight is 262 g/mol. The van der Waals surface area contributed by atoms with E-state index in [2.05, 4.69) is 11.4 Å². The molecule has 0 saturated carbocycles. The number of urea groups is 1. The molecule has 2 rings (SSSR count). The van der Waals surface area contributed by atoms with Gasteiger partial charge < -0.3 is 10.2 Å². The van der Waals surface area contributed by atoms with Crippen LogP contribution in [0.25, 0.3) is 0 Å². The van der Waals surface area contributed by atoms with Crippen LogP contribution in [0, 0.1) is 0 Å². The van der Waals surface area contributed by atoms with E-state index >= 15 is 0 Å². The predicted octanol–water partition coefficient (Wildman–Crippen LogP) is 0.311. The summed E-state index contributed by atoms with van der Waals surface area (Å²) in [5, 5.41) is 2.64. The van der Waals surface area contributed by atoms with Gasteiger partial charge in [0.25, 0.3) is 0 Å². The number of carbonyl (C=O) groups excluding carboxylic acids is 2. The van der Waals surface area contributed by atoms with Gasteiger partial charge in [0.2, 0.25) is 5.91 Å². The van der Waals surface area contributed by atoms with Crippen molar-refractivity contribution < 1.29 is 9.59 Å². The molecule has 1 heterocycles. The highest BCUT2D eigenvalue weighted by molar-refractivity contribution is 5.95. The summed E-state index contributed by atoms with van der Waals surface area (Å²) in [6.45, 7) is 0.524. The highest BCUT2D eigenvalue weighted by Crippen LogP contribution is 2.27. The lowest BCUT2D eigenvalue weighted by molar-refractivity contribution is -0.118. The molecule has 3 amide bonds. The fourth-order valence-corrected chi connectivity index (χ4v) is 2.24. The van der Waals surface area contributed by atoms with E-state index in [-0.39, 0.29) is 11.9 Å². The molecule has 1 aromatic carbocycles. The molecule has 4 N–H and O–H groups in total. The molecular formula is C13H18N4O2. The minimum atomic E-state index is -0.386. The van der Waals surface area contributed by atoms with E-state index < -0.39 is 0 Å². The molecule has 0 radical (unpaired) electrons. The monoisotopic (exact) mass is 262 g/mol. The third-order valence-corrected chi connectivity index (χ3v) is 3.32. The molecule has 1 aromatic rings. The number of aryl methyl sites for hydroxylation is 1. The average Bonchev–Trinajstić information content (AvgIpc) is 2.43. The number of hydrazine groups is 1. The first-order valence-electron chi connectivity index (χ1n) is 6.24. The summed E-state index contributed by atoms with van der Waals surface area (Å²) < 4.78 is 0. The summed E-state index contributed by atoms with van der Waals surface area (Å²) in [6, 6.07) is 5.66. The van der Waals surface area contributed by atoms with Crippen LogP contribution in [-0.4, -0.2) is 25.5 Å². The van der Waals surface area contributed by atoms with Crippen LogP contribution in [0.5, 0.6) is 0 Å². The molecule has 0 fully saturated rings. The maximum atomic E-state index is 11.6. The van der Waals surface area contributed by atoms with Gasteiger partial charge in [-0.05, 0) is 30.0 Å². The van der Waals surface area contributed by atoms with E-state index in [1.54, 1.807) is 11.9 Å². The molecule has 0 atom stereocenters. The number of nitrogens with zero attached hydrogens (tertiary/aromatic N) is 1. The fourth-order valence-electron chi connectivity index (χ4n) is 2.24. The van der Waals surface area contributed by atoms with Gasteiger partial charge in [-0.15, -0.1) is 0 Å². The number of hydrogen-bond acceptors (Lipinski definition) is 3. The molecule has 1 aliphatic rings. The Balaban J connectivity index is 2.01. The van der Waals surface area contributed by atoms with Gasteiger partial charge in [0.1, 0.15) is 0 Å². The quantitative estimate of drug-likeness (QED) is 0.416. The van der Waals surface area contributed by atoms with E-state index in [1.165, 1.54) is 5.56 Å². The molecule has 19 heavy (non-hydrogen) atoms. The number of nitrogens with two attached hydrogens (primary N) is 1. The molecule has 0 spiro atoms. The van der Waals surface area contributed by atoms with E-state index in [0.717, 1.165) is 24.1 Å². The Kier molecular flexibility index (Phi) is 4.01. The van der Waals surface area contributed by atoms with Crippen LogP contribution in [0.1, 0.15) is 17.5 Å². The van der Waals surface area contributed by atoms with Gasteiger partial charge in [-0.2, -0.15) is 0 Å². The van der Waals surface area contributed by atoms with Crippen molar-refractivity contribution in [3.05, 3.63) is 29.3 Å². The largest absolute Gasteiger partial charge is 0.337 e. The normalized spacial score (nSPS) is 14.0. The number of benzene rings is 1. The Morgan fingerprint density at radius 2 is 2.21 bits per heavy atom. The molecule has 6 heteroatoms. The number of rotatable bonds is 3. The van der Waals surface area contributed by atoms with Crippen molar-refractivity contribution >= 4 is 17.6 Å². The van der Waals surface area contributed by atoms with Crippen LogP contribution < -0.4 is 21.5 Å². The van der Waals surface area contributed by atoms with E-state index in [0.29, 0.717) is 13.0 Å².